The Kier molecular flexibility index (Phi) is 5.62. The first-order valence-electron chi connectivity index (χ1n) is 7.04. The molecule has 0 aliphatic carbocycles. The van der Waals surface area contributed by atoms with E-state index in [0.717, 1.165) is 13.0 Å². The Balaban J connectivity index is 2.41. The maximum Gasteiger partial charge on any atom is 0.0603 e. The van der Waals surface area contributed by atoms with Crippen LogP contribution in [0.15, 0.2) is 47.6 Å². The van der Waals surface area contributed by atoms with Gasteiger partial charge in [-0.05, 0) is 48.9 Å². The number of pyridine rings is 1. The summed E-state index contributed by atoms with van der Waals surface area (Å²) in [6.45, 7) is 5.29. The van der Waals surface area contributed by atoms with Crippen LogP contribution in [0.1, 0.15) is 36.1 Å². The molecule has 0 saturated heterocycles. The first-order chi connectivity index (χ1) is 9.76. The first kappa shape index (κ1) is 15.1. The normalized spacial score (nSPS) is 12.3. The fraction of sp³-hybridized carbons (Fsp3) is 0.353. The Bertz CT molecular complexity index is 554. The molecule has 1 aromatic heterocycles. The minimum atomic E-state index is 0.214. The van der Waals surface area contributed by atoms with Crippen molar-refractivity contribution in [1.29, 1.82) is 0 Å². The van der Waals surface area contributed by atoms with Crippen LogP contribution in [-0.4, -0.2) is 17.8 Å². The summed E-state index contributed by atoms with van der Waals surface area (Å²) < 4.78 is 0. The monoisotopic (exact) mass is 286 g/mol. The van der Waals surface area contributed by atoms with E-state index >= 15 is 0 Å². The van der Waals surface area contributed by atoms with Crippen LogP contribution in [0.2, 0.25) is 0 Å². The summed E-state index contributed by atoms with van der Waals surface area (Å²) in [5.74, 6) is 0. The standard InChI is InChI=1S/C17H22N2S/c1-4-9-19-17(14-10-13(2)11-18-12-14)15-7-5-6-8-16(15)20-3/h5-8,10-12,17,19H,4,9H2,1-3H3. The number of nitrogens with one attached hydrogen (secondary N) is 1. The lowest BCUT2D eigenvalue weighted by Crippen LogP contribution is -2.24. The smallest absolute Gasteiger partial charge is 0.0603 e. The molecule has 20 heavy (non-hydrogen) atoms. The Morgan fingerprint density at radius 1 is 1.25 bits per heavy atom. The van der Waals surface area contributed by atoms with E-state index < -0.39 is 0 Å². The summed E-state index contributed by atoms with van der Waals surface area (Å²) in [7, 11) is 0. The molecule has 1 N–H and O–H groups in total. The minimum Gasteiger partial charge on any atom is -0.306 e. The van der Waals surface area contributed by atoms with Crippen molar-refractivity contribution in [2.75, 3.05) is 12.8 Å². The molecule has 2 rings (SSSR count). The van der Waals surface area contributed by atoms with Crippen LogP contribution in [0.4, 0.5) is 0 Å². The highest BCUT2D eigenvalue weighted by Gasteiger charge is 2.16. The van der Waals surface area contributed by atoms with E-state index in [9.17, 15) is 0 Å². The molecule has 1 aromatic carbocycles. The number of nitrogens with zero attached hydrogens (tertiary/aromatic N) is 1. The van der Waals surface area contributed by atoms with Crippen molar-refractivity contribution >= 4 is 11.8 Å². The quantitative estimate of drug-likeness (QED) is 0.806. The molecule has 1 unspecified atom stereocenters. The third-order valence-corrected chi connectivity index (χ3v) is 4.09. The Morgan fingerprint density at radius 3 is 2.75 bits per heavy atom. The predicted molar refractivity (Wildman–Crippen MR) is 87.3 cm³/mol. The number of rotatable bonds is 6. The molecule has 0 aliphatic rings. The average Bonchev–Trinajstić information content (AvgIpc) is 2.48. The van der Waals surface area contributed by atoms with Crippen LogP contribution in [0, 0.1) is 6.92 Å². The van der Waals surface area contributed by atoms with Gasteiger partial charge in [-0.15, -0.1) is 11.8 Å². The molecule has 0 aliphatic heterocycles. The Morgan fingerprint density at radius 2 is 2.05 bits per heavy atom. The van der Waals surface area contributed by atoms with Crippen LogP contribution < -0.4 is 5.32 Å². The van der Waals surface area contributed by atoms with E-state index in [1.54, 1.807) is 11.8 Å². The second-order valence-corrected chi connectivity index (χ2v) is 5.77. The van der Waals surface area contributed by atoms with Crippen LogP contribution >= 0.6 is 11.8 Å². The predicted octanol–water partition coefficient (Wildman–Crippen LogP) is 4.20. The molecule has 0 radical (unpaired) electrons. The van der Waals surface area contributed by atoms with Gasteiger partial charge in [0.05, 0.1) is 6.04 Å². The molecule has 0 spiro atoms. The van der Waals surface area contributed by atoms with E-state index in [0.29, 0.717) is 0 Å². The number of hydrogen-bond donors (Lipinski definition) is 1. The van der Waals surface area contributed by atoms with Gasteiger partial charge in [0, 0.05) is 17.3 Å². The summed E-state index contributed by atoms with van der Waals surface area (Å²) in [4.78, 5) is 5.67. The summed E-state index contributed by atoms with van der Waals surface area (Å²) in [5.41, 5.74) is 3.77. The average molecular weight is 286 g/mol. The van der Waals surface area contributed by atoms with Crippen LogP contribution in [0.25, 0.3) is 0 Å². The fourth-order valence-corrected chi connectivity index (χ4v) is 2.97. The summed E-state index contributed by atoms with van der Waals surface area (Å²) in [6.07, 6.45) is 7.12. The molecular formula is C17H22N2S. The van der Waals surface area contributed by atoms with Gasteiger partial charge in [-0.25, -0.2) is 0 Å². The summed E-state index contributed by atoms with van der Waals surface area (Å²) in [6, 6.07) is 11.0. The number of benzene rings is 1. The zero-order chi connectivity index (χ0) is 14.4. The highest BCUT2D eigenvalue weighted by molar-refractivity contribution is 7.98. The zero-order valence-electron chi connectivity index (χ0n) is 12.4. The molecule has 0 fully saturated rings. The fourth-order valence-electron chi connectivity index (χ4n) is 2.34. The Hall–Kier alpha value is -1.32. The van der Waals surface area contributed by atoms with E-state index in [1.165, 1.54) is 21.6 Å². The molecule has 3 heteroatoms. The lowest BCUT2D eigenvalue weighted by molar-refractivity contribution is 0.590. The van der Waals surface area contributed by atoms with Crippen molar-refractivity contribution < 1.29 is 0 Å². The maximum atomic E-state index is 4.35. The zero-order valence-corrected chi connectivity index (χ0v) is 13.2. The van der Waals surface area contributed by atoms with Gasteiger partial charge in [0.2, 0.25) is 0 Å². The molecule has 0 amide bonds. The highest BCUT2D eigenvalue weighted by atomic mass is 32.2. The topological polar surface area (TPSA) is 24.9 Å². The van der Waals surface area contributed by atoms with Crippen LogP contribution in [0.5, 0.6) is 0 Å². The highest BCUT2D eigenvalue weighted by Crippen LogP contribution is 2.30. The molecular weight excluding hydrogens is 264 g/mol. The van der Waals surface area contributed by atoms with E-state index in [2.05, 4.69) is 60.7 Å². The third-order valence-electron chi connectivity index (χ3n) is 3.28. The molecule has 0 saturated carbocycles. The molecule has 1 atom stereocenters. The summed E-state index contributed by atoms with van der Waals surface area (Å²) in [5, 5.41) is 3.65. The van der Waals surface area contributed by atoms with E-state index in [1.807, 2.05) is 12.4 Å². The lowest BCUT2D eigenvalue weighted by atomic mass is 9.99. The molecule has 0 bridgehead atoms. The molecule has 2 nitrogen and oxygen atoms in total. The van der Waals surface area contributed by atoms with Crippen LogP contribution in [0.3, 0.4) is 0 Å². The maximum absolute atomic E-state index is 4.35. The van der Waals surface area contributed by atoms with Gasteiger partial charge in [-0.2, -0.15) is 0 Å². The number of aromatic nitrogens is 1. The SMILES string of the molecule is CCCNC(c1cncc(C)c1)c1ccccc1SC. The van der Waals surface area contributed by atoms with Gasteiger partial charge in [-0.3, -0.25) is 4.98 Å². The van der Waals surface area contributed by atoms with E-state index in [4.69, 9.17) is 0 Å². The van der Waals surface area contributed by atoms with Crippen molar-refractivity contribution in [2.45, 2.75) is 31.2 Å². The number of thioether (sulfide) groups is 1. The van der Waals surface area contributed by atoms with E-state index in [-0.39, 0.29) is 6.04 Å². The minimum absolute atomic E-state index is 0.214. The van der Waals surface area contributed by atoms with Crippen molar-refractivity contribution in [3.63, 3.8) is 0 Å². The second-order valence-electron chi connectivity index (χ2n) is 4.92. The first-order valence-corrected chi connectivity index (χ1v) is 8.26. The third kappa shape index (κ3) is 3.62. The number of aryl methyl sites for hydroxylation is 1. The molecule has 106 valence electrons. The van der Waals surface area contributed by atoms with Crippen molar-refractivity contribution in [3.05, 3.63) is 59.4 Å². The van der Waals surface area contributed by atoms with Gasteiger partial charge in [0.25, 0.3) is 0 Å². The van der Waals surface area contributed by atoms with Gasteiger partial charge in [0.1, 0.15) is 0 Å². The van der Waals surface area contributed by atoms with Gasteiger partial charge >= 0.3 is 0 Å². The van der Waals surface area contributed by atoms with Crippen molar-refractivity contribution in [3.8, 4) is 0 Å². The second kappa shape index (κ2) is 7.46. The van der Waals surface area contributed by atoms with Crippen LogP contribution in [-0.2, 0) is 0 Å². The Labute approximate surface area is 126 Å². The summed E-state index contributed by atoms with van der Waals surface area (Å²) >= 11 is 1.80. The number of hydrogen-bond acceptors (Lipinski definition) is 3. The van der Waals surface area contributed by atoms with Crippen molar-refractivity contribution in [1.82, 2.24) is 10.3 Å². The largest absolute Gasteiger partial charge is 0.306 e. The molecule has 2 aromatic rings. The molecule has 1 heterocycles. The van der Waals surface area contributed by atoms with Gasteiger partial charge in [-0.1, -0.05) is 31.2 Å². The van der Waals surface area contributed by atoms with Gasteiger partial charge < -0.3 is 5.32 Å². The van der Waals surface area contributed by atoms with Gasteiger partial charge in [0.15, 0.2) is 0 Å². The van der Waals surface area contributed by atoms with Crippen molar-refractivity contribution in [2.24, 2.45) is 0 Å². The lowest BCUT2D eigenvalue weighted by Gasteiger charge is -2.22.